The lowest BCUT2D eigenvalue weighted by Crippen LogP contribution is -2.31. The molecule has 0 saturated carbocycles. The van der Waals surface area contributed by atoms with Gasteiger partial charge in [-0.05, 0) is 37.8 Å². The van der Waals surface area contributed by atoms with Crippen LogP contribution in [0.25, 0.3) is 0 Å². The SMILES string of the molecule is Cc1ccc([C@H]2C3=C(CCCC3=O)Nc3nc(SCc4cccc(C)c4)nn32)cc1. The quantitative estimate of drug-likeness (QED) is 0.592. The van der Waals surface area contributed by atoms with E-state index in [1.54, 1.807) is 11.8 Å². The molecule has 1 atom stereocenters. The molecule has 1 aliphatic heterocycles. The molecule has 0 fully saturated rings. The van der Waals surface area contributed by atoms with Crippen molar-refractivity contribution in [1.29, 1.82) is 0 Å². The summed E-state index contributed by atoms with van der Waals surface area (Å²) in [6, 6.07) is 16.7. The van der Waals surface area contributed by atoms with Gasteiger partial charge in [0.25, 0.3) is 0 Å². The van der Waals surface area contributed by atoms with Crippen LogP contribution in [0.5, 0.6) is 0 Å². The van der Waals surface area contributed by atoms with Crippen molar-refractivity contribution in [2.45, 2.75) is 50.1 Å². The van der Waals surface area contributed by atoms with E-state index in [4.69, 9.17) is 10.1 Å². The topological polar surface area (TPSA) is 59.8 Å². The average molecular weight is 417 g/mol. The first-order valence-corrected chi connectivity index (χ1v) is 11.3. The summed E-state index contributed by atoms with van der Waals surface area (Å²) < 4.78 is 1.89. The summed E-state index contributed by atoms with van der Waals surface area (Å²) in [5.41, 5.74) is 6.63. The summed E-state index contributed by atoms with van der Waals surface area (Å²) in [4.78, 5) is 17.6. The number of aryl methyl sites for hydroxylation is 2. The van der Waals surface area contributed by atoms with Gasteiger partial charge in [0.1, 0.15) is 6.04 Å². The Morgan fingerprint density at radius 2 is 1.93 bits per heavy atom. The molecule has 1 aromatic heterocycles. The average Bonchev–Trinajstić information content (AvgIpc) is 3.14. The summed E-state index contributed by atoms with van der Waals surface area (Å²) in [5.74, 6) is 1.75. The summed E-state index contributed by atoms with van der Waals surface area (Å²) in [7, 11) is 0. The maximum atomic E-state index is 12.9. The van der Waals surface area contributed by atoms with E-state index in [9.17, 15) is 4.79 Å². The van der Waals surface area contributed by atoms with Gasteiger partial charge in [-0.25, -0.2) is 4.68 Å². The van der Waals surface area contributed by atoms with Gasteiger partial charge in [0, 0.05) is 23.4 Å². The largest absolute Gasteiger partial charge is 0.328 e. The fourth-order valence-electron chi connectivity index (χ4n) is 4.20. The number of aromatic nitrogens is 3. The summed E-state index contributed by atoms with van der Waals surface area (Å²) in [6.07, 6.45) is 2.36. The van der Waals surface area contributed by atoms with Crippen LogP contribution in [-0.4, -0.2) is 20.5 Å². The van der Waals surface area contributed by atoms with Crippen molar-refractivity contribution < 1.29 is 4.79 Å². The zero-order chi connectivity index (χ0) is 20.7. The number of hydrogen-bond acceptors (Lipinski definition) is 5. The predicted octanol–water partition coefficient (Wildman–Crippen LogP) is 5.21. The molecule has 2 heterocycles. The maximum absolute atomic E-state index is 12.9. The van der Waals surface area contributed by atoms with Crippen molar-refractivity contribution in [2.75, 3.05) is 5.32 Å². The Morgan fingerprint density at radius 1 is 1.10 bits per heavy atom. The van der Waals surface area contributed by atoms with E-state index >= 15 is 0 Å². The third-order valence-electron chi connectivity index (χ3n) is 5.69. The molecule has 0 spiro atoms. The molecule has 152 valence electrons. The Labute approximate surface area is 180 Å². The molecular weight excluding hydrogens is 392 g/mol. The fraction of sp³-hybridized carbons (Fsp3) is 0.292. The lowest BCUT2D eigenvalue weighted by molar-refractivity contribution is -0.116. The zero-order valence-corrected chi connectivity index (χ0v) is 18.0. The molecular formula is C24H24N4OS. The number of hydrogen-bond donors (Lipinski definition) is 1. The molecule has 0 bridgehead atoms. The number of benzene rings is 2. The van der Waals surface area contributed by atoms with Gasteiger partial charge in [0.2, 0.25) is 11.1 Å². The monoisotopic (exact) mass is 416 g/mol. The Balaban J connectivity index is 1.50. The molecule has 5 nitrogen and oxygen atoms in total. The van der Waals surface area contributed by atoms with Crippen molar-refractivity contribution in [3.8, 4) is 0 Å². The first-order chi connectivity index (χ1) is 14.6. The minimum Gasteiger partial charge on any atom is -0.328 e. The van der Waals surface area contributed by atoms with Crippen LogP contribution in [0.1, 0.15) is 47.6 Å². The molecule has 2 aromatic carbocycles. The van der Waals surface area contributed by atoms with E-state index in [0.717, 1.165) is 46.5 Å². The Kier molecular flexibility index (Phi) is 4.95. The minimum absolute atomic E-state index is 0.212. The van der Waals surface area contributed by atoms with Crippen LogP contribution in [0.2, 0.25) is 0 Å². The zero-order valence-electron chi connectivity index (χ0n) is 17.2. The van der Waals surface area contributed by atoms with Crippen LogP contribution in [0.15, 0.2) is 65.0 Å². The number of allylic oxidation sites excluding steroid dienone is 2. The Morgan fingerprint density at radius 3 is 2.73 bits per heavy atom. The second kappa shape index (κ2) is 7.76. The molecule has 0 saturated heterocycles. The number of fused-ring (bicyclic) bond motifs is 1. The van der Waals surface area contributed by atoms with Crippen LogP contribution in [0.4, 0.5) is 5.95 Å². The van der Waals surface area contributed by atoms with Crippen LogP contribution in [-0.2, 0) is 10.5 Å². The predicted molar refractivity (Wildman–Crippen MR) is 120 cm³/mol. The number of nitrogens with one attached hydrogen (secondary N) is 1. The molecule has 2 aliphatic rings. The molecule has 1 N–H and O–H groups in total. The highest BCUT2D eigenvalue weighted by Crippen LogP contribution is 2.40. The third-order valence-corrected chi connectivity index (χ3v) is 6.60. The summed E-state index contributed by atoms with van der Waals surface area (Å²) >= 11 is 1.62. The van der Waals surface area contributed by atoms with Crippen molar-refractivity contribution in [3.63, 3.8) is 0 Å². The van der Waals surface area contributed by atoms with E-state index in [2.05, 4.69) is 67.7 Å². The number of thioether (sulfide) groups is 1. The number of Topliss-reactive ketones (excluding diaryl/α,β-unsaturated/α-hetero) is 1. The van der Waals surface area contributed by atoms with Gasteiger partial charge >= 0.3 is 0 Å². The highest BCUT2D eigenvalue weighted by molar-refractivity contribution is 7.98. The second-order valence-corrected chi connectivity index (χ2v) is 8.99. The second-order valence-electron chi connectivity index (χ2n) is 8.05. The molecule has 3 aromatic rings. The molecule has 5 rings (SSSR count). The fourth-order valence-corrected chi connectivity index (χ4v) is 4.98. The molecule has 0 radical (unpaired) electrons. The first-order valence-electron chi connectivity index (χ1n) is 10.3. The van der Waals surface area contributed by atoms with Crippen LogP contribution >= 0.6 is 11.8 Å². The summed E-state index contributed by atoms with van der Waals surface area (Å²) in [5, 5.41) is 8.94. The third kappa shape index (κ3) is 3.56. The van der Waals surface area contributed by atoms with Crippen molar-refractivity contribution >= 4 is 23.5 Å². The lowest BCUT2D eigenvalue weighted by Gasteiger charge is -2.32. The molecule has 30 heavy (non-hydrogen) atoms. The Bertz CT molecular complexity index is 1150. The smallest absolute Gasteiger partial charge is 0.227 e. The summed E-state index contributed by atoms with van der Waals surface area (Å²) in [6.45, 7) is 4.18. The highest BCUT2D eigenvalue weighted by atomic mass is 32.2. The van der Waals surface area contributed by atoms with Crippen molar-refractivity contribution in [3.05, 3.63) is 82.1 Å². The van der Waals surface area contributed by atoms with Gasteiger partial charge < -0.3 is 5.32 Å². The number of carbonyl (C=O) groups excluding carboxylic acids is 1. The van der Waals surface area contributed by atoms with E-state index in [1.807, 2.05) is 4.68 Å². The molecule has 0 unspecified atom stereocenters. The minimum atomic E-state index is -0.217. The van der Waals surface area contributed by atoms with E-state index in [0.29, 0.717) is 6.42 Å². The standard InChI is InChI=1S/C24H24N4OS/c1-15-9-11-18(12-10-15)22-21-19(7-4-8-20(21)29)25-23-26-24(27-28(22)23)30-14-17-6-3-5-16(2)13-17/h3,5-6,9-13,22H,4,7-8,14H2,1-2H3,(H,25,26,27)/t22-/m0/s1. The normalized spacial score (nSPS) is 18.1. The number of anilines is 1. The number of carbonyl (C=O) groups is 1. The Hall–Kier alpha value is -2.86. The lowest BCUT2D eigenvalue weighted by atomic mass is 9.85. The number of nitrogens with zero attached hydrogens (tertiary/aromatic N) is 3. The van der Waals surface area contributed by atoms with Crippen molar-refractivity contribution in [2.24, 2.45) is 0 Å². The number of rotatable bonds is 4. The van der Waals surface area contributed by atoms with E-state index in [-0.39, 0.29) is 11.8 Å². The highest BCUT2D eigenvalue weighted by Gasteiger charge is 2.36. The molecule has 6 heteroatoms. The van der Waals surface area contributed by atoms with Crippen LogP contribution < -0.4 is 5.32 Å². The van der Waals surface area contributed by atoms with Crippen LogP contribution in [0, 0.1) is 13.8 Å². The first kappa shape index (κ1) is 19.1. The van der Waals surface area contributed by atoms with Gasteiger partial charge in [-0.15, -0.1) is 5.10 Å². The molecule has 1 aliphatic carbocycles. The molecule has 0 amide bonds. The number of ketones is 1. The van der Waals surface area contributed by atoms with Gasteiger partial charge in [-0.1, -0.05) is 71.4 Å². The van der Waals surface area contributed by atoms with E-state index < -0.39 is 0 Å². The maximum Gasteiger partial charge on any atom is 0.227 e. The van der Waals surface area contributed by atoms with Crippen LogP contribution in [0.3, 0.4) is 0 Å². The van der Waals surface area contributed by atoms with Gasteiger partial charge in [0.05, 0.1) is 0 Å². The van der Waals surface area contributed by atoms with Gasteiger partial charge in [-0.2, -0.15) is 4.98 Å². The van der Waals surface area contributed by atoms with Crippen molar-refractivity contribution in [1.82, 2.24) is 14.8 Å². The van der Waals surface area contributed by atoms with Gasteiger partial charge in [-0.3, -0.25) is 4.79 Å². The van der Waals surface area contributed by atoms with E-state index in [1.165, 1.54) is 16.7 Å². The van der Waals surface area contributed by atoms with Gasteiger partial charge in [0.15, 0.2) is 5.78 Å².